The predicted octanol–water partition coefficient (Wildman–Crippen LogP) is 3.11. The van der Waals surface area contributed by atoms with E-state index in [9.17, 15) is 13.2 Å². The van der Waals surface area contributed by atoms with E-state index in [1.54, 1.807) is 29.8 Å². The molecule has 2 aromatic heterocycles. The number of halogens is 3. The fourth-order valence-corrected chi connectivity index (χ4v) is 2.39. The van der Waals surface area contributed by atoms with Crippen LogP contribution in [0.4, 0.5) is 18.9 Å². The van der Waals surface area contributed by atoms with Gasteiger partial charge in [-0.3, -0.25) is 0 Å². The second-order valence-corrected chi connectivity index (χ2v) is 4.96. The zero-order valence-corrected chi connectivity index (χ0v) is 11.9. The SMILES string of the molecule is Cn1cnc2c(-c3nc(C#N)c(N)cc3C(F)(F)F)cccc21. The molecule has 8 heteroatoms. The lowest BCUT2D eigenvalue weighted by Crippen LogP contribution is -2.11. The highest BCUT2D eigenvalue weighted by molar-refractivity contribution is 5.92. The van der Waals surface area contributed by atoms with E-state index in [-0.39, 0.29) is 22.6 Å². The lowest BCUT2D eigenvalue weighted by atomic mass is 10.0. The third-order valence-corrected chi connectivity index (χ3v) is 3.47. The fraction of sp³-hybridized carbons (Fsp3) is 0.133. The Bertz CT molecular complexity index is 950. The van der Waals surface area contributed by atoms with Crippen LogP contribution in [0.5, 0.6) is 0 Å². The number of para-hydroxylation sites is 1. The van der Waals surface area contributed by atoms with Gasteiger partial charge in [0.25, 0.3) is 0 Å². The van der Waals surface area contributed by atoms with Crippen LogP contribution >= 0.6 is 0 Å². The van der Waals surface area contributed by atoms with Crippen molar-refractivity contribution < 1.29 is 13.2 Å². The summed E-state index contributed by atoms with van der Waals surface area (Å²) in [5, 5.41) is 9.01. The molecule has 23 heavy (non-hydrogen) atoms. The van der Waals surface area contributed by atoms with E-state index in [2.05, 4.69) is 9.97 Å². The van der Waals surface area contributed by atoms with E-state index >= 15 is 0 Å². The Balaban J connectivity index is 2.40. The molecule has 0 aliphatic heterocycles. The minimum Gasteiger partial charge on any atom is -0.396 e. The van der Waals surface area contributed by atoms with Crippen LogP contribution in [0.1, 0.15) is 11.3 Å². The van der Waals surface area contributed by atoms with Crippen LogP contribution < -0.4 is 5.73 Å². The van der Waals surface area contributed by atoms with Crippen LogP contribution in [0.3, 0.4) is 0 Å². The molecule has 2 heterocycles. The molecule has 3 aromatic rings. The maximum absolute atomic E-state index is 13.4. The molecule has 0 bridgehead atoms. The van der Waals surface area contributed by atoms with Gasteiger partial charge in [0.2, 0.25) is 0 Å². The Hall–Kier alpha value is -3.08. The normalized spacial score (nSPS) is 11.6. The van der Waals surface area contributed by atoms with Crippen molar-refractivity contribution in [3.8, 4) is 17.3 Å². The molecule has 0 aliphatic carbocycles. The number of alkyl halides is 3. The highest BCUT2D eigenvalue weighted by Gasteiger charge is 2.36. The third-order valence-electron chi connectivity index (χ3n) is 3.47. The molecule has 1 aromatic carbocycles. The summed E-state index contributed by atoms with van der Waals surface area (Å²) in [6.07, 6.45) is -3.15. The highest BCUT2D eigenvalue weighted by Crippen LogP contribution is 2.39. The molecule has 0 saturated heterocycles. The third kappa shape index (κ3) is 2.36. The Labute approximate surface area is 128 Å². The van der Waals surface area contributed by atoms with E-state index in [1.807, 2.05) is 0 Å². The van der Waals surface area contributed by atoms with Crippen LogP contribution in [-0.4, -0.2) is 14.5 Å². The lowest BCUT2D eigenvalue weighted by Gasteiger charge is -2.14. The number of aromatic nitrogens is 3. The van der Waals surface area contributed by atoms with Crippen molar-refractivity contribution in [2.45, 2.75) is 6.18 Å². The molecule has 0 unspecified atom stereocenters. The number of benzene rings is 1. The maximum atomic E-state index is 13.4. The topological polar surface area (TPSA) is 80.5 Å². The molecular formula is C15H10F3N5. The molecule has 0 fully saturated rings. The zero-order chi connectivity index (χ0) is 16.8. The molecule has 0 spiro atoms. The van der Waals surface area contributed by atoms with Crippen LogP contribution in [0.15, 0.2) is 30.6 Å². The first kappa shape index (κ1) is 14.8. The van der Waals surface area contributed by atoms with Gasteiger partial charge in [-0.05, 0) is 12.1 Å². The van der Waals surface area contributed by atoms with E-state index in [4.69, 9.17) is 11.0 Å². The molecule has 0 atom stereocenters. The summed E-state index contributed by atoms with van der Waals surface area (Å²) >= 11 is 0. The zero-order valence-electron chi connectivity index (χ0n) is 11.9. The molecule has 3 rings (SSSR count). The van der Waals surface area contributed by atoms with Gasteiger partial charge >= 0.3 is 6.18 Å². The summed E-state index contributed by atoms with van der Waals surface area (Å²) in [5.74, 6) is 0. The van der Waals surface area contributed by atoms with Gasteiger partial charge in [0.15, 0.2) is 5.69 Å². The smallest absolute Gasteiger partial charge is 0.396 e. The number of rotatable bonds is 1. The first-order chi connectivity index (χ1) is 10.8. The number of pyridine rings is 1. The average molecular weight is 317 g/mol. The van der Waals surface area contributed by atoms with Crippen molar-refractivity contribution in [1.29, 1.82) is 5.26 Å². The largest absolute Gasteiger partial charge is 0.418 e. The number of nitriles is 1. The molecule has 0 saturated carbocycles. The fourth-order valence-electron chi connectivity index (χ4n) is 2.39. The quantitative estimate of drug-likeness (QED) is 0.748. The lowest BCUT2D eigenvalue weighted by molar-refractivity contribution is -0.137. The standard InChI is InChI=1S/C15H10F3N5/c1-23-7-21-14-8(3-2-4-12(14)23)13-9(15(16,17)18)5-10(20)11(6-19)22-13/h2-5,7H,20H2,1H3. The summed E-state index contributed by atoms with van der Waals surface area (Å²) in [4.78, 5) is 7.97. The van der Waals surface area contributed by atoms with Crippen molar-refractivity contribution in [3.63, 3.8) is 0 Å². The Morgan fingerprint density at radius 1 is 1.30 bits per heavy atom. The van der Waals surface area contributed by atoms with Gasteiger partial charge in [0, 0.05) is 12.6 Å². The van der Waals surface area contributed by atoms with Gasteiger partial charge in [-0.1, -0.05) is 12.1 Å². The molecule has 2 N–H and O–H groups in total. The molecular weight excluding hydrogens is 307 g/mol. The first-order valence-corrected chi connectivity index (χ1v) is 6.51. The number of hydrogen-bond acceptors (Lipinski definition) is 4. The number of imidazole rings is 1. The highest BCUT2D eigenvalue weighted by atomic mass is 19.4. The monoisotopic (exact) mass is 317 g/mol. The average Bonchev–Trinajstić information content (AvgIpc) is 2.88. The number of fused-ring (bicyclic) bond motifs is 1. The van der Waals surface area contributed by atoms with Gasteiger partial charge in [0.05, 0.1) is 34.3 Å². The van der Waals surface area contributed by atoms with E-state index in [0.29, 0.717) is 11.0 Å². The Morgan fingerprint density at radius 3 is 2.70 bits per heavy atom. The number of hydrogen-bond donors (Lipinski definition) is 1. The summed E-state index contributed by atoms with van der Waals surface area (Å²) < 4.78 is 41.7. The second-order valence-electron chi connectivity index (χ2n) is 4.96. The number of nitrogen functional groups attached to an aromatic ring is 1. The van der Waals surface area contributed by atoms with Gasteiger partial charge in [-0.25, -0.2) is 9.97 Å². The molecule has 116 valence electrons. The Morgan fingerprint density at radius 2 is 2.04 bits per heavy atom. The minimum absolute atomic E-state index is 0.201. The van der Waals surface area contributed by atoms with Gasteiger partial charge in [-0.2, -0.15) is 18.4 Å². The number of nitrogens with zero attached hydrogens (tertiary/aromatic N) is 4. The predicted molar refractivity (Wildman–Crippen MR) is 78.1 cm³/mol. The van der Waals surface area contributed by atoms with Crippen LogP contribution in [0.25, 0.3) is 22.3 Å². The Kier molecular flexibility index (Phi) is 3.21. The molecule has 0 radical (unpaired) electrons. The van der Waals surface area contributed by atoms with Crippen molar-refractivity contribution in [2.75, 3.05) is 5.73 Å². The second kappa shape index (κ2) is 4.98. The van der Waals surface area contributed by atoms with E-state index in [0.717, 1.165) is 6.07 Å². The molecule has 5 nitrogen and oxygen atoms in total. The molecule has 0 aliphatic rings. The van der Waals surface area contributed by atoms with Crippen LogP contribution in [0.2, 0.25) is 0 Å². The van der Waals surface area contributed by atoms with Gasteiger partial charge in [0.1, 0.15) is 6.07 Å². The van der Waals surface area contributed by atoms with Crippen LogP contribution in [0, 0.1) is 11.3 Å². The van der Waals surface area contributed by atoms with Gasteiger partial charge < -0.3 is 10.3 Å². The summed E-state index contributed by atoms with van der Waals surface area (Å²) in [5.41, 5.74) is 4.82. The summed E-state index contributed by atoms with van der Waals surface area (Å²) in [6, 6.07) is 7.29. The number of anilines is 1. The van der Waals surface area contributed by atoms with Crippen LogP contribution in [-0.2, 0) is 13.2 Å². The minimum atomic E-state index is -4.65. The first-order valence-electron chi connectivity index (χ1n) is 6.51. The summed E-state index contributed by atoms with van der Waals surface area (Å²) in [7, 11) is 1.74. The van der Waals surface area contributed by atoms with E-state index < -0.39 is 11.7 Å². The number of aryl methyl sites for hydroxylation is 1. The number of nitrogens with two attached hydrogens (primary N) is 1. The van der Waals surface area contributed by atoms with Gasteiger partial charge in [-0.15, -0.1) is 0 Å². The van der Waals surface area contributed by atoms with E-state index in [1.165, 1.54) is 12.4 Å². The van der Waals surface area contributed by atoms with Crippen molar-refractivity contribution in [2.24, 2.45) is 7.05 Å². The maximum Gasteiger partial charge on any atom is 0.418 e. The van der Waals surface area contributed by atoms with Crippen molar-refractivity contribution in [1.82, 2.24) is 14.5 Å². The molecule has 0 amide bonds. The summed E-state index contributed by atoms with van der Waals surface area (Å²) in [6.45, 7) is 0. The van der Waals surface area contributed by atoms with Crippen molar-refractivity contribution >= 4 is 16.7 Å². The van der Waals surface area contributed by atoms with Crippen molar-refractivity contribution in [3.05, 3.63) is 41.9 Å².